The maximum absolute atomic E-state index is 12.9. The van der Waals surface area contributed by atoms with Crippen molar-refractivity contribution in [2.24, 2.45) is 0 Å². The Morgan fingerprint density at radius 2 is 2.14 bits per heavy atom. The van der Waals surface area contributed by atoms with Crippen molar-refractivity contribution in [2.45, 2.75) is 69.5 Å². The summed E-state index contributed by atoms with van der Waals surface area (Å²) in [7, 11) is 0. The molecular weight excluding hydrogens is 282 g/mol. The molecule has 2 saturated carbocycles. The van der Waals surface area contributed by atoms with E-state index in [4.69, 9.17) is 4.98 Å². The largest absolute Gasteiger partial charge is 0.320 e. The molecule has 1 aromatic rings. The molecule has 1 atom stereocenters. The summed E-state index contributed by atoms with van der Waals surface area (Å²) < 4.78 is 0. The van der Waals surface area contributed by atoms with Gasteiger partial charge in [0.05, 0.1) is 16.2 Å². The smallest absolute Gasteiger partial charge is 0.244 e. The van der Waals surface area contributed by atoms with Gasteiger partial charge >= 0.3 is 0 Å². The molecule has 1 amide bonds. The lowest BCUT2D eigenvalue weighted by molar-refractivity contribution is -0.134. The SMILES string of the molecule is CCN1C(=O)C2(CCCCC2)N[C@H]1c1csc(C2CC2)n1. The van der Waals surface area contributed by atoms with E-state index in [1.54, 1.807) is 11.3 Å². The second-order valence-electron chi connectivity index (χ2n) is 6.67. The molecule has 0 unspecified atom stereocenters. The summed E-state index contributed by atoms with van der Waals surface area (Å²) in [5.74, 6) is 0.996. The first-order chi connectivity index (χ1) is 10.2. The normalized spacial score (nSPS) is 28.5. The summed E-state index contributed by atoms with van der Waals surface area (Å²) >= 11 is 1.77. The van der Waals surface area contributed by atoms with Gasteiger partial charge in [-0.2, -0.15) is 0 Å². The van der Waals surface area contributed by atoms with Gasteiger partial charge in [-0.25, -0.2) is 4.98 Å². The van der Waals surface area contributed by atoms with E-state index in [0.29, 0.717) is 11.8 Å². The summed E-state index contributed by atoms with van der Waals surface area (Å²) in [6, 6.07) is 0. The van der Waals surface area contributed by atoms with Gasteiger partial charge < -0.3 is 4.90 Å². The van der Waals surface area contributed by atoms with Crippen LogP contribution >= 0.6 is 11.3 Å². The molecule has 2 heterocycles. The number of carbonyl (C=O) groups is 1. The zero-order valence-electron chi connectivity index (χ0n) is 12.6. The Bertz CT molecular complexity index is 545. The Morgan fingerprint density at radius 1 is 1.38 bits per heavy atom. The molecule has 0 bridgehead atoms. The molecule has 4 rings (SSSR count). The molecule has 1 saturated heterocycles. The standard InChI is InChI=1S/C16H23N3OS/c1-2-19-13(12-10-21-14(17-12)11-6-7-11)18-16(15(19)20)8-4-3-5-9-16/h10-11,13,18H,2-9H2,1H3/t13-/m1/s1. The summed E-state index contributed by atoms with van der Waals surface area (Å²) in [6.45, 7) is 2.83. The molecule has 1 aromatic heterocycles. The second-order valence-corrected chi connectivity index (χ2v) is 7.56. The number of amides is 1. The third-order valence-electron chi connectivity index (χ3n) is 5.19. The van der Waals surface area contributed by atoms with Gasteiger partial charge in [0, 0.05) is 17.8 Å². The molecule has 0 aromatic carbocycles. The molecule has 1 spiro atoms. The average Bonchev–Trinajstić information content (AvgIpc) is 3.18. The lowest BCUT2D eigenvalue weighted by atomic mass is 9.81. The maximum atomic E-state index is 12.9. The van der Waals surface area contributed by atoms with Gasteiger partial charge in [-0.05, 0) is 32.6 Å². The number of hydrogen-bond acceptors (Lipinski definition) is 4. The van der Waals surface area contributed by atoms with Gasteiger partial charge in [0.25, 0.3) is 0 Å². The third-order valence-corrected chi connectivity index (χ3v) is 6.21. The van der Waals surface area contributed by atoms with E-state index >= 15 is 0 Å². The first-order valence-electron chi connectivity index (χ1n) is 8.27. The molecule has 3 fully saturated rings. The van der Waals surface area contributed by atoms with Crippen LogP contribution in [0, 0.1) is 0 Å². The first-order valence-corrected chi connectivity index (χ1v) is 9.15. The summed E-state index contributed by atoms with van der Waals surface area (Å²) in [6.07, 6.45) is 8.11. The lowest BCUT2D eigenvalue weighted by Crippen LogP contribution is -2.48. The highest BCUT2D eigenvalue weighted by molar-refractivity contribution is 7.09. The second kappa shape index (κ2) is 5.06. The number of rotatable bonds is 3. The minimum absolute atomic E-state index is 0.00986. The van der Waals surface area contributed by atoms with Crippen molar-refractivity contribution < 1.29 is 4.79 Å². The van der Waals surface area contributed by atoms with Crippen LogP contribution in [0.25, 0.3) is 0 Å². The highest BCUT2D eigenvalue weighted by Gasteiger charge is 2.51. The minimum Gasteiger partial charge on any atom is -0.320 e. The Balaban J connectivity index is 1.62. The van der Waals surface area contributed by atoms with E-state index in [2.05, 4.69) is 17.6 Å². The van der Waals surface area contributed by atoms with Crippen LogP contribution in [-0.4, -0.2) is 27.9 Å². The number of likely N-dealkylation sites (N-methyl/N-ethyl adjacent to an activating group) is 1. The number of hydrogen-bond donors (Lipinski definition) is 1. The van der Waals surface area contributed by atoms with Gasteiger partial charge in [-0.15, -0.1) is 11.3 Å². The van der Waals surface area contributed by atoms with Crippen LogP contribution in [0.15, 0.2) is 5.38 Å². The van der Waals surface area contributed by atoms with E-state index in [1.165, 1.54) is 24.3 Å². The van der Waals surface area contributed by atoms with Crippen molar-refractivity contribution in [1.29, 1.82) is 0 Å². The van der Waals surface area contributed by atoms with Crippen molar-refractivity contribution in [3.63, 3.8) is 0 Å². The lowest BCUT2D eigenvalue weighted by Gasteiger charge is -2.31. The predicted octanol–water partition coefficient (Wildman–Crippen LogP) is 3.17. The molecule has 21 heavy (non-hydrogen) atoms. The van der Waals surface area contributed by atoms with Crippen molar-refractivity contribution in [3.05, 3.63) is 16.1 Å². The van der Waals surface area contributed by atoms with Crippen LogP contribution in [0.3, 0.4) is 0 Å². The van der Waals surface area contributed by atoms with Crippen molar-refractivity contribution in [2.75, 3.05) is 6.54 Å². The minimum atomic E-state index is -0.303. The van der Waals surface area contributed by atoms with Gasteiger partial charge in [-0.1, -0.05) is 19.3 Å². The molecule has 4 nitrogen and oxygen atoms in total. The Labute approximate surface area is 129 Å². The summed E-state index contributed by atoms with van der Waals surface area (Å²) in [5, 5.41) is 7.09. The van der Waals surface area contributed by atoms with E-state index in [0.717, 1.165) is 37.9 Å². The molecule has 1 N–H and O–H groups in total. The van der Waals surface area contributed by atoms with Gasteiger partial charge in [0.1, 0.15) is 6.17 Å². The van der Waals surface area contributed by atoms with Crippen LogP contribution in [0.5, 0.6) is 0 Å². The number of nitrogens with one attached hydrogen (secondary N) is 1. The van der Waals surface area contributed by atoms with Crippen molar-refractivity contribution >= 4 is 17.2 Å². The number of aromatic nitrogens is 1. The number of carbonyl (C=O) groups excluding carboxylic acids is 1. The highest BCUT2D eigenvalue weighted by atomic mass is 32.1. The van der Waals surface area contributed by atoms with Crippen molar-refractivity contribution in [1.82, 2.24) is 15.2 Å². The van der Waals surface area contributed by atoms with E-state index in [-0.39, 0.29) is 11.7 Å². The van der Waals surface area contributed by atoms with Gasteiger partial charge in [-0.3, -0.25) is 10.1 Å². The van der Waals surface area contributed by atoms with Gasteiger partial charge in [0.15, 0.2) is 0 Å². The Morgan fingerprint density at radius 3 is 2.81 bits per heavy atom. The molecule has 114 valence electrons. The van der Waals surface area contributed by atoms with Crippen LogP contribution in [0.1, 0.15) is 74.7 Å². The fourth-order valence-electron chi connectivity index (χ4n) is 3.81. The van der Waals surface area contributed by atoms with Crippen LogP contribution < -0.4 is 5.32 Å². The fourth-order valence-corrected chi connectivity index (χ4v) is 4.82. The molecular formula is C16H23N3OS. The first kappa shape index (κ1) is 13.7. The predicted molar refractivity (Wildman–Crippen MR) is 83.2 cm³/mol. The van der Waals surface area contributed by atoms with Gasteiger partial charge in [0.2, 0.25) is 5.91 Å². The Kier molecular flexibility index (Phi) is 3.30. The maximum Gasteiger partial charge on any atom is 0.244 e. The monoisotopic (exact) mass is 305 g/mol. The zero-order chi connectivity index (χ0) is 14.4. The molecule has 1 aliphatic heterocycles. The quantitative estimate of drug-likeness (QED) is 0.933. The number of thiazole rings is 1. The summed E-state index contributed by atoms with van der Waals surface area (Å²) in [5.41, 5.74) is 0.752. The topological polar surface area (TPSA) is 45.2 Å². The molecule has 3 aliphatic rings. The highest BCUT2D eigenvalue weighted by Crippen LogP contribution is 2.44. The molecule has 2 aliphatic carbocycles. The molecule has 5 heteroatoms. The zero-order valence-corrected chi connectivity index (χ0v) is 13.4. The number of nitrogens with zero attached hydrogens (tertiary/aromatic N) is 2. The van der Waals surface area contributed by atoms with E-state index in [1.807, 2.05) is 4.90 Å². The third kappa shape index (κ3) is 2.21. The molecule has 0 radical (unpaired) electrons. The van der Waals surface area contributed by atoms with E-state index in [9.17, 15) is 4.79 Å². The average molecular weight is 305 g/mol. The van der Waals surface area contributed by atoms with E-state index < -0.39 is 0 Å². The van der Waals surface area contributed by atoms with Crippen LogP contribution in [0.4, 0.5) is 0 Å². The van der Waals surface area contributed by atoms with Crippen LogP contribution in [0.2, 0.25) is 0 Å². The Hall–Kier alpha value is -0.940. The summed E-state index contributed by atoms with van der Waals surface area (Å²) in [4.78, 5) is 19.7. The fraction of sp³-hybridized carbons (Fsp3) is 0.750. The van der Waals surface area contributed by atoms with Crippen molar-refractivity contribution in [3.8, 4) is 0 Å². The van der Waals surface area contributed by atoms with Crippen LogP contribution in [-0.2, 0) is 4.79 Å².